The van der Waals surface area contributed by atoms with Crippen LogP contribution in [0.25, 0.3) is 0 Å². The number of carbonyl (C=O) groups excluding carboxylic acids is 2. The quantitative estimate of drug-likeness (QED) is 0.0373. The van der Waals surface area contributed by atoms with Crippen molar-refractivity contribution >= 4 is 11.9 Å². The van der Waals surface area contributed by atoms with Gasteiger partial charge in [-0.15, -0.1) is 0 Å². The Morgan fingerprint density at radius 3 is 0.833 bits per heavy atom. The van der Waals surface area contributed by atoms with Crippen molar-refractivity contribution in [3.8, 4) is 0 Å². The van der Waals surface area contributed by atoms with Gasteiger partial charge in [0, 0.05) is 12.8 Å². The van der Waals surface area contributed by atoms with Gasteiger partial charge in [-0.2, -0.15) is 0 Å². The minimum atomic E-state index is -0.774. The molecule has 0 amide bonds. The summed E-state index contributed by atoms with van der Waals surface area (Å²) in [5.74, 6) is -0.574. The van der Waals surface area contributed by atoms with E-state index in [4.69, 9.17) is 9.47 Å². The Balaban J connectivity index is 3.43. The van der Waals surface area contributed by atoms with Crippen LogP contribution < -0.4 is 0 Å². The van der Waals surface area contributed by atoms with Gasteiger partial charge in [-0.25, -0.2) is 0 Å². The standard InChI is InChI=1S/C73H130O5/c1-3-5-7-9-11-13-15-17-19-21-23-25-27-29-31-33-34-35-36-37-38-40-42-44-46-48-50-52-54-56-58-60-62-64-66-68-73(76)78-71(69-74)70-77-72(75)67-65-63-61-59-57-55-53-51-49-47-45-43-41-39-32-30-28-26-24-22-20-18-16-14-12-10-8-6-4-2/h5,7,11,13,16-19,22-25,29,31,71,74H,3-4,6,8-10,12,14-15,20-21,26-28,30,32-70H2,1-2H3/b7-5-,13-11-,18-16-,19-17-,24-22-,25-23-,31-29-. The largest absolute Gasteiger partial charge is 0.462 e. The van der Waals surface area contributed by atoms with Crippen molar-refractivity contribution < 1.29 is 24.2 Å². The van der Waals surface area contributed by atoms with E-state index in [0.717, 1.165) is 77.0 Å². The third kappa shape index (κ3) is 65.6. The second-order valence-corrected chi connectivity index (χ2v) is 22.9. The Morgan fingerprint density at radius 2 is 0.551 bits per heavy atom. The van der Waals surface area contributed by atoms with E-state index in [-0.39, 0.29) is 25.2 Å². The molecule has 0 aliphatic rings. The van der Waals surface area contributed by atoms with E-state index in [1.54, 1.807) is 0 Å². The van der Waals surface area contributed by atoms with E-state index in [2.05, 4.69) is 98.9 Å². The zero-order chi connectivity index (χ0) is 56.2. The van der Waals surface area contributed by atoms with Gasteiger partial charge in [0.1, 0.15) is 6.61 Å². The van der Waals surface area contributed by atoms with Crippen molar-refractivity contribution in [3.63, 3.8) is 0 Å². The van der Waals surface area contributed by atoms with Crippen molar-refractivity contribution in [3.05, 3.63) is 85.1 Å². The molecule has 0 aliphatic carbocycles. The topological polar surface area (TPSA) is 72.8 Å². The average molecular weight is 1090 g/mol. The van der Waals surface area contributed by atoms with E-state index in [1.165, 1.54) is 244 Å². The molecule has 0 saturated heterocycles. The molecule has 0 radical (unpaired) electrons. The molecule has 5 nitrogen and oxygen atoms in total. The summed E-state index contributed by atoms with van der Waals surface area (Å²) in [6, 6.07) is 0. The Kier molecular flexibility index (Phi) is 65.8. The summed E-state index contributed by atoms with van der Waals surface area (Å²) in [7, 11) is 0. The first kappa shape index (κ1) is 75.1. The predicted octanol–water partition coefficient (Wildman–Crippen LogP) is 23.7. The number of carbonyl (C=O) groups is 2. The number of hydrogen-bond donors (Lipinski definition) is 1. The predicted molar refractivity (Wildman–Crippen MR) is 343 cm³/mol. The summed E-state index contributed by atoms with van der Waals surface area (Å²) in [5.41, 5.74) is 0. The normalized spacial score (nSPS) is 12.7. The van der Waals surface area contributed by atoms with Crippen molar-refractivity contribution in [2.75, 3.05) is 13.2 Å². The van der Waals surface area contributed by atoms with E-state index >= 15 is 0 Å². The minimum absolute atomic E-state index is 0.0635. The number of unbranched alkanes of at least 4 members (excludes halogenated alkanes) is 41. The first-order chi connectivity index (χ1) is 38.6. The molecular weight excluding hydrogens is 957 g/mol. The first-order valence-corrected chi connectivity index (χ1v) is 34.1. The SMILES string of the molecule is CC/C=C\C/C=C\C/C=C\C/C=C\C/C=C\CCCCCCCCCCCCCCCCCCCCCC(=O)OC(CO)COC(=O)CCCCCCCCCCCCCCCCCCC/C=C\C/C=C\CCCCCCC. The zero-order valence-electron chi connectivity index (χ0n) is 51.9. The number of ether oxygens (including phenoxy) is 2. The molecule has 0 aliphatic heterocycles. The Bertz CT molecular complexity index is 1420. The fourth-order valence-electron chi connectivity index (χ4n) is 10.1. The Morgan fingerprint density at radius 1 is 0.308 bits per heavy atom. The molecule has 0 rings (SSSR count). The molecule has 0 aromatic heterocycles. The fraction of sp³-hybridized carbons (Fsp3) is 0.781. The van der Waals surface area contributed by atoms with Gasteiger partial charge in [-0.1, -0.05) is 330 Å². The maximum atomic E-state index is 12.4. The summed E-state index contributed by atoms with van der Waals surface area (Å²) in [6.07, 6.45) is 96.1. The zero-order valence-corrected chi connectivity index (χ0v) is 51.9. The minimum Gasteiger partial charge on any atom is -0.462 e. The summed E-state index contributed by atoms with van der Waals surface area (Å²) in [5, 5.41) is 9.70. The second-order valence-electron chi connectivity index (χ2n) is 22.9. The lowest BCUT2D eigenvalue weighted by molar-refractivity contribution is -0.161. The molecule has 0 fully saturated rings. The summed E-state index contributed by atoms with van der Waals surface area (Å²) >= 11 is 0. The number of allylic oxidation sites excluding steroid dienone is 14. The Hall–Kier alpha value is -2.92. The van der Waals surface area contributed by atoms with Gasteiger partial charge in [0.2, 0.25) is 0 Å². The molecule has 1 N–H and O–H groups in total. The summed E-state index contributed by atoms with van der Waals surface area (Å²) < 4.78 is 10.8. The lowest BCUT2D eigenvalue weighted by atomic mass is 10.0. The van der Waals surface area contributed by atoms with Crippen LogP contribution in [0.1, 0.15) is 348 Å². The highest BCUT2D eigenvalue weighted by Crippen LogP contribution is 2.18. The van der Waals surface area contributed by atoms with Crippen LogP contribution in [0.3, 0.4) is 0 Å². The van der Waals surface area contributed by atoms with Crippen molar-refractivity contribution in [1.29, 1.82) is 0 Å². The number of hydrogen-bond acceptors (Lipinski definition) is 5. The highest BCUT2D eigenvalue weighted by Gasteiger charge is 2.16. The molecule has 1 atom stereocenters. The van der Waals surface area contributed by atoms with Gasteiger partial charge >= 0.3 is 11.9 Å². The fourth-order valence-corrected chi connectivity index (χ4v) is 10.1. The van der Waals surface area contributed by atoms with Crippen LogP contribution in [0, 0.1) is 0 Å². The summed E-state index contributed by atoms with van der Waals surface area (Å²) in [6.45, 7) is 4.06. The first-order valence-electron chi connectivity index (χ1n) is 34.1. The number of rotatable bonds is 63. The van der Waals surface area contributed by atoms with Gasteiger partial charge in [0.05, 0.1) is 6.61 Å². The Labute approximate surface area is 486 Å². The highest BCUT2D eigenvalue weighted by atomic mass is 16.6. The highest BCUT2D eigenvalue weighted by molar-refractivity contribution is 5.70. The van der Waals surface area contributed by atoms with E-state index in [0.29, 0.717) is 12.8 Å². The van der Waals surface area contributed by atoms with Gasteiger partial charge in [-0.3, -0.25) is 9.59 Å². The van der Waals surface area contributed by atoms with Gasteiger partial charge in [0.25, 0.3) is 0 Å². The van der Waals surface area contributed by atoms with Gasteiger partial charge in [0.15, 0.2) is 6.10 Å². The maximum absolute atomic E-state index is 12.4. The van der Waals surface area contributed by atoms with Gasteiger partial charge in [-0.05, 0) is 89.9 Å². The van der Waals surface area contributed by atoms with E-state index in [1.807, 2.05) is 0 Å². The van der Waals surface area contributed by atoms with Crippen LogP contribution >= 0.6 is 0 Å². The molecule has 0 saturated carbocycles. The molecule has 0 heterocycles. The average Bonchev–Trinajstić information content (AvgIpc) is 3.44. The van der Waals surface area contributed by atoms with Crippen LogP contribution in [0.5, 0.6) is 0 Å². The van der Waals surface area contributed by atoms with Crippen LogP contribution in [0.2, 0.25) is 0 Å². The van der Waals surface area contributed by atoms with Gasteiger partial charge < -0.3 is 14.6 Å². The third-order valence-corrected chi connectivity index (χ3v) is 15.2. The molecule has 0 spiro atoms. The summed E-state index contributed by atoms with van der Waals surface area (Å²) in [4.78, 5) is 24.6. The van der Waals surface area contributed by atoms with Crippen molar-refractivity contribution in [2.24, 2.45) is 0 Å². The van der Waals surface area contributed by atoms with Crippen LogP contribution in [-0.2, 0) is 19.1 Å². The molecule has 5 heteroatoms. The molecule has 0 aromatic rings. The molecule has 452 valence electrons. The molecule has 0 bridgehead atoms. The second kappa shape index (κ2) is 68.4. The smallest absolute Gasteiger partial charge is 0.306 e. The van der Waals surface area contributed by atoms with E-state index in [9.17, 15) is 14.7 Å². The van der Waals surface area contributed by atoms with Crippen LogP contribution in [0.4, 0.5) is 0 Å². The lowest BCUT2D eigenvalue weighted by Crippen LogP contribution is -2.28. The van der Waals surface area contributed by atoms with Crippen molar-refractivity contribution in [2.45, 2.75) is 354 Å². The van der Waals surface area contributed by atoms with Crippen molar-refractivity contribution in [1.82, 2.24) is 0 Å². The lowest BCUT2D eigenvalue weighted by Gasteiger charge is -2.15. The molecule has 0 aromatic carbocycles. The molecule has 1 unspecified atom stereocenters. The molecule has 78 heavy (non-hydrogen) atoms. The third-order valence-electron chi connectivity index (χ3n) is 15.2. The van der Waals surface area contributed by atoms with Crippen LogP contribution in [-0.4, -0.2) is 36.4 Å². The maximum Gasteiger partial charge on any atom is 0.306 e. The van der Waals surface area contributed by atoms with Crippen LogP contribution in [0.15, 0.2) is 85.1 Å². The van der Waals surface area contributed by atoms with E-state index < -0.39 is 6.10 Å². The number of esters is 2. The number of aliphatic hydroxyl groups is 1. The monoisotopic (exact) mass is 1090 g/mol. The number of aliphatic hydroxyl groups excluding tert-OH is 1. The molecular formula is C73H130O5.